The first-order chi connectivity index (χ1) is 6.66. The lowest BCUT2D eigenvalue weighted by atomic mass is 10.3. The molecule has 5 heteroatoms. The molecule has 0 saturated carbocycles. The molecular weight excluding hydrogens is 264 g/mol. The van der Waals surface area contributed by atoms with Gasteiger partial charge in [-0.3, -0.25) is 4.79 Å². The van der Waals surface area contributed by atoms with Crippen molar-refractivity contribution in [1.29, 1.82) is 0 Å². The van der Waals surface area contributed by atoms with Gasteiger partial charge in [0.25, 0.3) is 5.91 Å². The molecule has 76 valence electrons. The molecule has 2 N–H and O–H groups in total. The highest BCUT2D eigenvalue weighted by molar-refractivity contribution is 9.11. The molecule has 1 aliphatic rings. The van der Waals surface area contributed by atoms with Gasteiger partial charge in [0.2, 0.25) is 0 Å². The predicted octanol–water partition coefficient (Wildman–Crippen LogP) is 1.68. The molecule has 1 amide bonds. The quantitative estimate of drug-likeness (QED) is 0.847. The molecule has 14 heavy (non-hydrogen) atoms. The molecule has 1 saturated heterocycles. The van der Waals surface area contributed by atoms with E-state index in [2.05, 4.69) is 15.9 Å². The fourth-order valence-corrected chi connectivity index (χ4v) is 2.91. The third-order valence-corrected chi connectivity index (χ3v) is 3.91. The van der Waals surface area contributed by atoms with Crippen LogP contribution < -0.4 is 5.73 Å². The van der Waals surface area contributed by atoms with Crippen LogP contribution in [-0.4, -0.2) is 29.9 Å². The molecule has 1 aromatic rings. The van der Waals surface area contributed by atoms with E-state index in [0.717, 1.165) is 21.6 Å². The molecule has 1 aromatic heterocycles. The predicted molar refractivity (Wildman–Crippen MR) is 60.5 cm³/mol. The van der Waals surface area contributed by atoms with E-state index < -0.39 is 0 Å². The lowest BCUT2D eigenvalue weighted by Crippen LogP contribution is -2.31. The van der Waals surface area contributed by atoms with Gasteiger partial charge >= 0.3 is 0 Å². The maximum absolute atomic E-state index is 11.9. The Morgan fingerprint density at radius 2 is 2.43 bits per heavy atom. The van der Waals surface area contributed by atoms with Crippen molar-refractivity contribution < 1.29 is 4.79 Å². The van der Waals surface area contributed by atoms with Crippen molar-refractivity contribution in [1.82, 2.24) is 4.90 Å². The zero-order chi connectivity index (χ0) is 10.1. The average molecular weight is 275 g/mol. The van der Waals surface area contributed by atoms with Crippen LogP contribution >= 0.6 is 27.3 Å². The minimum atomic E-state index is 0.105. The maximum Gasteiger partial charge on any atom is 0.264 e. The van der Waals surface area contributed by atoms with Gasteiger partial charge in [-0.05, 0) is 34.5 Å². The van der Waals surface area contributed by atoms with E-state index in [1.807, 2.05) is 17.0 Å². The standard InChI is InChI=1S/C9H11BrN2OS/c10-8-2-1-7(14-8)9(13)12-4-3-6(11)5-12/h1-2,6H,3-5,11H2/t6-/m0/s1. The van der Waals surface area contributed by atoms with Gasteiger partial charge in [-0.1, -0.05) is 0 Å². The highest BCUT2D eigenvalue weighted by Crippen LogP contribution is 2.24. The van der Waals surface area contributed by atoms with Crippen molar-refractivity contribution in [2.45, 2.75) is 12.5 Å². The summed E-state index contributed by atoms with van der Waals surface area (Å²) in [5.74, 6) is 0.105. The summed E-state index contributed by atoms with van der Waals surface area (Å²) in [6.45, 7) is 1.48. The Hall–Kier alpha value is -0.390. The van der Waals surface area contributed by atoms with Gasteiger partial charge in [-0.15, -0.1) is 11.3 Å². The number of nitrogens with two attached hydrogens (primary N) is 1. The summed E-state index contributed by atoms with van der Waals surface area (Å²) in [6, 6.07) is 3.90. The molecule has 3 nitrogen and oxygen atoms in total. The largest absolute Gasteiger partial charge is 0.336 e. The number of carbonyl (C=O) groups excluding carboxylic acids is 1. The van der Waals surface area contributed by atoms with Crippen LogP contribution in [0, 0.1) is 0 Å². The van der Waals surface area contributed by atoms with Crippen molar-refractivity contribution in [3.05, 3.63) is 20.8 Å². The SMILES string of the molecule is N[C@H]1CCN(C(=O)c2ccc(Br)s2)C1. The van der Waals surface area contributed by atoms with Gasteiger partial charge in [-0.25, -0.2) is 0 Å². The summed E-state index contributed by atoms with van der Waals surface area (Å²) >= 11 is 4.81. The summed E-state index contributed by atoms with van der Waals surface area (Å²) in [5, 5.41) is 0. The molecule has 0 spiro atoms. The summed E-state index contributed by atoms with van der Waals surface area (Å²) in [7, 11) is 0. The number of hydrogen-bond donors (Lipinski definition) is 1. The monoisotopic (exact) mass is 274 g/mol. The number of nitrogens with zero attached hydrogens (tertiary/aromatic N) is 1. The molecule has 1 atom stereocenters. The van der Waals surface area contributed by atoms with Gasteiger partial charge in [0.05, 0.1) is 8.66 Å². The second-order valence-electron chi connectivity index (χ2n) is 3.40. The zero-order valence-corrected chi connectivity index (χ0v) is 9.97. The normalized spacial score (nSPS) is 21.6. The van der Waals surface area contributed by atoms with E-state index in [-0.39, 0.29) is 11.9 Å². The molecule has 1 aliphatic heterocycles. The lowest BCUT2D eigenvalue weighted by molar-refractivity contribution is 0.0795. The molecule has 0 unspecified atom stereocenters. The molecule has 0 aliphatic carbocycles. The third-order valence-electron chi connectivity index (χ3n) is 2.30. The second kappa shape index (κ2) is 4.00. The van der Waals surface area contributed by atoms with E-state index in [1.54, 1.807) is 0 Å². The number of rotatable bonds is 1. The van der Waals surface area contributed by atoms with Crippen LogP contribution in [0.4, 0.5) is 0 Å². The number of thiophene rings is 1. The Balaban J connectivity index is 2.09. The van der Waals surface area contributed by atoms with Crippen LogP contribution in [0.25, 0.3) is 0 Å². The Morgan fingerprint density at radius 1 is 1.64 bits per heavy atom. The van der Waals surface area contributed by atoms with Crippen molar-refractivity contribution >= 4 is 33.2 Å². The smallest absolute Gasteiger partial charge is 0.264 e. The van der Waals surface area contributed by atoms with Crippen molar-refractivity contribution in [2.24, 2.45) is 5.73 Å². The van der Waals surface area contributed by atoms with Gasteiger partial charge in [0, 0.05) is 19.1 Å². The number of amides is 1. The number of hydrogen-bond acceptors (Lipinski definition) is 3. The fourth-order valence-electron chi connectivity index (χ4n) is 1.56. The van der Waals surface area contributed by atoms with E-state index in [0.29, 0.717) is 6.54 Å². The summed E-state index contributed by atoms with van der Waals surface area (Å²) in [4.78, 5) is 14.5. The Bertz CT molecular complexity index is 352. The molecular formula is C9H11BrN2OS. The molecule has 1 fully saturated rings. The molecule has 0 aromatic carbocycles. The van der Waals surface area contributed by atoms with Crippen LogP contribution in [0.1, 0.15) is 16.1 Å². The first kappa shape index (κ1) is 10.1. The van der Waals surface area contributed by atoms with Crippen molar-refractivity contribution in [3.63, 3.8) is 0 Å². The van der Waals surface area contributed by atoms with E-state index in [4.69, 9.17) is 5.73 Å². The van der Waals surface area contributed by atoms with Crippen LogP contribution in [0.5, 0.6) is 0 Å². The molecule has 2 rings (SSSR count). The van der Waals surface area contributed by atoms with Gasteiger partial charge in [0.1, 0.15) is 0 Å². The highest BCUT2D eigenvalue weighted by atomic mass is 79.9. The topological polar surface area (TPSA) is 46.3 Å². The van der Waals surface area contributed by atoms with Crippen LogP contribution in [-0.2, 0) is 0 Å². The van der Waals surface area contributed by atoms with E-state index >= 15 is 0 Å². The Morgan fingerprint density at radius 3 is 2.93 bits per heavy atom. The Kier molecular flexibility index (Phi) is 2.90. The Labute approximate surface area is 95.0 Å². The minimum Gasteiger partial charge on any atom is -0.336 e. The van der Waals surface area contributed by atoms with Crippen molar-refractivity contribution in [3.8, 4) is 0 Å². The first-order valence-corrected chi connectivity index (χ1v) is 6.08. The zero-order valence-electron chi connectivity index (χ0n) is 7.57. The number of likely N-dealkylation sites (tertiary alicyclic amines) is 1. The maximum atomic E-state index is 11.9. The average Bonchev–Trinajstić information content (AvgIpc) is 2.73. The van der Waals surface area contributed by atoms with Crippen LogP contribution in [0.15, 0.2) is 15.9 Å². The third kappa shape index (κ3) is 1.99. The summed E-state index contributed by atoms with van der Waals surface area (Å²) in [5.41, 5.74) is 5.75. The van der Waals surface area contributed by atoms with E-state index in [9.17, 15) is 4.79 Å². The summed E-state index contributed by atoms with van der Waals surface area (Å²) in [6.07, 6.45) is 0.915. The van der Waals surface area contributed by atoms with Gasteiger partial charge in [0.15, 0.2) is 0 Å². The number of halogens is 1. The summed E-state index contributed by atoms with van der Waals surface area (Å²) < 4.78 is 0.990. The van der Waals surface area contributed by atoms with Gasteiger partial charge < -0.3 is 10.6 Å². The second-order valence-corrected chi connectivity index (χ2v) is 5.87. The van der Waals surface area contributed by atoms with E-state index in [1.165, 1.54) is 11.3 Å². The lowest BCUT2D eigenvalue weighted by Gasteiger charge is -2.13. The molecule has 2 heterocycles. The molecule has 0 bridgehead atoms. The van der Waals surface area contributed by atoms with Crippen LogP contribution in [0.3, 0.4) is 0 Å². The fraction of sp³-hybridized carbons (Fsp3) is 0.444. The van der Waals surface area contributed by atoms with Crippen LogP contribution in [0.2, 0.25) is 0 Å². The number of carbonyl (C=O) groups is 1. The minimum absolute atomic E-state index is 0.105. The molecule has 0 radical (unpaired) electrons. The highest BCUT2D eigenvalue weighted by Gasteiger charge is 2.25. The van der Waals surface area contributed by atoms with Crippen molar-refractivity contribution in [2.75, 3.05) is 13.1 Å². The van der Waals surface area contributed by atoms with Gasteiger partial charge in [-0.2, -0.15) is 0 Å². The first-order valence-electron chi connectivity index (χ1n) is 4.47.